The fourth-order valence-electron chi connectivity index (χ4n) is 2.30. The molecule has 24 heavy (non-hydrogen) atoms. The Morgan fingerprint density at radius 2 is 2.12 bits per heavy atom. The minimum Gasteiger partial charge on any atom is -0.464 e. The fourth-order valence-corrected chi connectivity index (χ4v) is 2.30. The van der Waals surface area contributed by atoms with E-state index in [0.717, 1.165) is 23.6 Å². The molecule has 5 nitrogen and oxygen atoms in total. The third kappa shape index (κ3) is 4.83. The van der Waals surface area contributed by atoms with Crippen molar-refractivity contribution < 1.29 is 13.9 Å². The number of benzene rings is 1. The highest BCUT2D eigenvalue weighted by atomic mass is 19.1. The van der Waals surface area contributed by atoms with Gasteiger partial charge in [0, 0.05) is 12.1 Å². The van der Waals surface area contributed by atoms with Crippen molar-refractivity contribution in [2.24, 2.45) is 4.99 Å². The molecule has 1 atom stereocenters. The first-order valence-corrected chi connectivity index (χ1v) is 8.02. The van der Waals surface area contributed by atoms with Crippen LogP contribution in [0.4, 0.5) is 4.39 Å². The Balaban J connectivity index is 2.07. The van der Waals surface area contributed by atoms with Crippen molar-refractivity contribution in [2.75, 3.05) is 6.54 Å². The number of nitrogens with one attached hydrogen (secondary N) is 2. The number of furan rings is 1. The summed E-state index contributed by atoms with van der Waals surface area (Å²) in [7, 11) is 0. The summed E-state index contributed by atoms with van der Waals surface area (Å²) in [6.45, 7) is 6.67. The molecule has 1 unspecified atom stereocenters. The van der Waals surface area contributed by atoms with Gasteiger partial charge in [-0.25, -0.2) is 9.38 Å². The highest BCUT2D eigenvalue weighted by Gasteiger charge is 2.11. The molecule has 0 saturated heterocycles. The lowest BCUT2D eigenvalue weighted by atomic mass is 10.1. The van der Waals surface area contributed by atoms with Crippen LogP contribution in [0.3, 0.4) is 0 Å². The van der Waals surface area contributed by atoms with E-state index in [4.69, 9.17) is 9.52 Å². The average molecular weight is 333 g/mol. The Morgan fingerprint density at radius 3 is 2.75 bits per heavy atom. The van der Waals surface area contributed by atoms with Crippen LogP contribution in [0.2, 0.25) is 0 Å². The number of hydrogen-bond acceptors (Lipinski definition) is 3. The molecule has 0 aliphatic rings. The fraction of sp³-hybridized carbons (Fsp3) is 0.389. The van der Waals surface area contributed by atoms with Gasteiger partial charge in [0.2, 0.25) is 0 Å². The lowest BCUT2D eigenvalue weighted by Gasteiger charge is -2.16. The predicted octanol–water partition coefficient (Wildman–Crippen LogP) is 3.04. The predicted molar refractivity (Wildman–Crippen MR) is 92.1 cm³/mol. The van der Waals surface area contributed by atoms with Crippen LogP contribution in [0, 0.1) is 12.7 Å². The van der Waals surface area contributed by atoms with E-state index in [1.165, 1.54) is 6.07 Å². The highest BCUT2D eigenvalue weighted by Crippen LogP contribution is 2.15. The Hall–Kier alpha value is -2.34. The minimum absolute atomic E-state index is 0.0299. The Labute approximate surface area is 141 Å². The van der Waals surface area contributed by atoms with Crippen molar-refractivity contribution in [3.8, 4) is 0 Å². The molecule has 0 aliphatic heterocycles. The second-order valence-corrected chi connectivity index (χ2v) is 5.59. The van der Waals surface area contributed by atoms with Crippen LogP contribution in [0.25, 0.3) is 0 Å². The molecule has 0 amide bonds. The third-order valence-corrected chi connectivity index (χ3v) is 3.59. The van der Waals surface area contributed by atoms with E-state index in [9.17, 15) is 4.39 Å². The van der Waals surface area contributed by atoms with Crippen molar-refractivity contribution in [3.63, 3.8) is 0 Å². The number of aliphatic hydroxyl groups excluding tert-OH is 1. The van der Waals surface area contributed by atoms with E-state index in [-0.39, 0.29) is 18.2 Å². The number of nitrogens with zero attached hydrogens (tertiary/aromatic N) is 1. The quantitative estimate of drug-likeness (QED) is 0.561. The molecule has 0 radical (unpaired) electrons. The monoisotopic (exact) mass is 333 g/mol. The molecule has 0 spiro atoms. The molecule has 2 aromatic rings. The van der Waals surface area contributed by atoms with E-state index in [2.05, 4.69) is 15.6 Å². The second kappa shape index (κ2) is 8.49. The molecule has 0 aliphatic carbocycles. The van der Waals surface area contributed by atoms with Crippen molar-refractivity contribution in [1.29, 1.82) is 0 Å². The Bertz CT molecular complexity index is 697. The molecule has 1 aromatic heterocycles. The van der Waals surface area contributed by atoms with E-state index in [1.54, 1.807) is 12.1 Å². The molecule has 0 bridgehead atoms. The highest BCUT2D eigenvalue weighted by molar-refractivity contribution is 5.80. The van der Waals surface area contributed by atoms with Gasteiger partial charge in [0.15, 0.2) is 5.96 Å². The maximum Gasteiger partial charge on any atom is 0.192 e. The van der Waals surface area contributed by atoms with Gasteiger partial charge in [0.25, 0.3) is 0 Å². The van der Waals surface area contributed by atoms with Gasteiger partial charge >= 0.3 is 0 Å². The van der Waals surface area contributed by atoms with Crippen LogP contribution < -0.4 is 10.6 Å². The zero-order valence-electron chi connectivity index (χ0n) is 14.3. The van der Waals surface area contributed by atoms with Crippen LogP contribution in [-0.4, -0.2) is 17.6 Å². The summed E-state index contributed by atoms with van der Waals surface area (Å²) in [6.07, 6.45) is 0. The van der Waals surface area contributed by atoms with Gasteiger partial charge < -0.3 is 20.2 Å². The SMILES string of the molecule is CCNC(=NCc1ccc(F)c(CO)c1)NC(C)c1ccc(C)o1. The first-order valence-electron chi connectivity index (χ1n) is 8.02. The zero-order valence-corrected chi connectivity index (χ0v) is 14.3. The number of halogens is 1. The number of aryl methyl sites for hydroxylation is 1. The van der Waals surface area contributed by atoms with Crippen LogP contribution in [-0.2, 0) is 13.2 Å². The van der Waals surface area contributed by atoms with E-state index >= 15 is 0 Å². The second-order valence-electron chi connectivity index (χ2n) is 5.59. The molecular formula is C18H24FN3O2. The van der Waals surface area contributed by atoms with Crippen molar-refractivity contribution in [2.45, 2.75) is 40.0 Å². The Morgan fingerprint density at radius 1 is 1.33 bits per heavy atom. The summed E-state index contributed by atoms with van der Waals surface area (Å²) in [6, 6.07) is 8.47. The van der Waals surface area contributed by atoms with Gasteiger partial charge in [0.05, 0.1) is 19.2 Å². The largest absolute Gasteiger partial charge is 0.464 e. The number of guanidine groups is 1. The topological polar surface area (TPSA) is 69.8 Å². The summed E-state index contributed by atoms with van der Waals surface area (Å²) < 4.78 is 19.0. The first kappa shape index (κ1) is 18.0. The number of aliphatic imine (C=N–C) groups is 1. The van der Waals surface area contributed by atoms with Crippen LogP contribution in [0.1, 0.15) is 42.5 Å². The van der Waals surface area contributed by atoms with Gasteiger partial charge in [-0.2, -0.15) is 0 Å². The summed E-state index contributed by atoms with van der Waals surface area (Å²) in [4.78, 5) is 4.51. The average Bonchev–Trinajstić information content (AvgIpc) is 3.00. The van der Waals surface area contributed by atoms with Crippen LogP contribution in [0.5, 0.6) is 0 Å². The molecule has 6 heteroatoms. The number of rotatable bonds is 6. The minimum atomic E-state index is -0.405. The van der Waals surface area contributed by atoms with Gasteiger partial charge in [0.1, 0.15) is 17.3 Å². The number of hydrogen-bond donors (Lipinski definition) is 3. The molecule has 2 rings (SSSR count). The van der Waals surface area contributed by atoms with E-state index < -0.39 is 5.82 Å². The summed E-state index contributed by atoms with van der Waals surface area (Å²) in [5.41, 5.74) is 1.11. The van der Waals surface area contributed by atoms with Crippen molar-refractivity contribution >= 4 is 5.96 Å². The molecule has 0 fully saturated rings. The van der Waals surface area contributed by atoms with Gasteiger partial charge in [-0.05, 0) is 50.6 Å². The standard InChI is InChI=1S/C18H24FN3O2/c1-4-20-18(22-13(3)17-8-5-12(2)24-17)21-10-14-6-7-16(19)15(9-14)11-23/h5-9,13,23H,4,10-11H2,1-3H3,(H2,20,21,22). The lowest BCUT2D eigenvalue weighted by Crippen LogP contribution is -2.38. The normalized spacial score (nSPS) is 13.0. The van der Waals surface area contributed by atoms with Crippen molar-refractivity contribution in [1.82, 2.24) is 10.6 Å². The van der Waals surface area contributed by atoms with Gasteiger partial charge in [-0.1, -0.05) is 6.07 Å². The van der Waals surface area contributed by atoms with Crippen LogP contribution in [0.15, 0.2) is 39.7 Å². The van der Waals surface area contributed by atoms with Crippen LogP contribution >= 0.6 is 0 Å². The smallest absolute Gasteiger partial charge is 0.192 e. The number of aliphatic hydroxyl groups is 1. The summed E-state index contributed by atoms with van der Waals surface area (Å²) >= 11 is 0. The third-order valence-electron chi connectivity index (χ3n) is 3.59. The molecule has 1 aromatic carbocycles. The van der Waals surface area contributed by atoms with Gasteiger partial charge in [-0.3, -0.25) is 0 Å². The molecule has 3 N–H and O–H groups in total. The summed E-state index contributed by atoms with van der Waals surface area (Å²) in [5, 5.41) is 15.6. The van der Waals surface area contributed by atoms with E-state index in [1.807, 2.05) is 32.9 Å². The molecule has 130 valence electrons. The zero-order chi connectivity index (χ0) is 17.5. The van der Waals surface area contributed by atoms with Gasteiger partial charge in [-0.15, -0.1) is 0 Å². The first-order chi connectivity index (χ1) is 11.5. The summed E-state index contributed by atoms with van der Waals surface area (Å²) in [5.74, 6) is 1.94. The van der Waals surface area contributed by atoms with E-state index in [0.29, 0.717) is 12.5 Å². The molecule has 0 saturated carbocycles. The van der Waals surface area contributed by atoms with Crippen molar-refractivity contribution in [3.05, 3.63) is 58.8 Å². The molecule has 1 heterocycles. The maximum atomic E-state index is 13.4. The lowest BCUT2D eigenvalue weighted by molar-refractivity contribution is 0.275. The molecular weight excluding hydrogens is 309 g/mol. The maximum absolute atomic E-state index is 13.4. The Kier molecular flexibility index (Phi) is 6.37.